The van der Waals surface area contributed by atoms with Gasteiger partial charge >= 0.3 is 11.9 Å². The van der Waals surface area contributed by atoms with Gasteiger partial charge in [0.25, 0.3) is 0 Å². The molecule has 0 fully saturated rings. The minimum absolute atomic E-state index is 0.224. The van der Waals surface area contributed by atoms with E-state index in [1.54, 1.807) is 11.8 Å². The first-order valence-electron chi connectivity index (χ1n) is 16.0. The SMILES string of the molecule is C=CC(=O)OCCCOc1ccc2cc(C#Cc3ccc(C#Cc4ccc(OCCCCCCOC(C)=O)cc4)c(SC)c3)ccc2c1. The van der Waals surface area contributed by atoms with Crippen molar-refractivity contribution < 1.29 is 28.5 Å². The maximum absolute atomic E-state index is 11.1. The largest absolute Gasteiger partial charge is 0.494 e. The minimum Gasteiger partial charge on any atom is -0.494 e. The van der Waals surface area contributed by atoms with Crippen LogP contribution in [0.1, 0.15) is 61.3 Å². The van der Waals surface area contributed by atoms with Crippen molar-refractivity contribution in [2.75, 3.05) is 32.7 Å². The minimum atomic E-state index is -0.425. The van der Waals surface area contributed by atoms with E-state index < -0.39 is 5.97 Å². The number of hydrogen-bond acceptors (Lipinski definition) is 7. The zero-order valence-electron chi connectivity index (χ0n) is 27.5. The lowest BCUT2D eigenvalue weighted by molar-refractivity contribution is -0.141. The highest BCUT2D eigenvalue weighted by molar-refractivity contribution is 7.98. The Labute approximate surface area is 287 Å². The Balaban J connectivity index is 1.28. The Morgan fingerprint density at radius 1 is 0.646 bits per heavy atom. The Morgan fingerprint density at radius 2 is 1.23 bits per heavy atom. The van der Waals surface area contributed by atoms with Gasteiger partial charge in [-0.05, 0) is 109 Å². The number of benzene rings is 4. The molecule has 0 unspecified atom stereocenters. The third-order valence-electron chi connectivity index (χ3n) is 7.14. The van der Waals surface area contributed by atoms with Gasteiger partial charge in [0.2, 0.25) is 0 Å². The number of esters is 2. The van der Waals surface area contributed by atoms with Gasteiger partial charge in [-0.1, -0.05) is 42.4 Å². The van der Waals surface area contributed by atoms with Crippen LogP contribution in [0.2, 0.25) is 0 Å². The molecule has 0 bridgehead atoms. The second-order valence-electron chi connectivity index (χ2n) is 10.8. The smallest absolute Gasteiger partial charge is 0.330 e. The van der Waals surface area contributed by atoms with Gasteiger partial charge in [-0.25, -0.2) is 4.79 Å². The van der Waals surface area contributed by atoms with Crippen molar-refractivity contribution in [2.45, 2.75) is 43.9 Å². The molecule has 0 aromatic heterocycles. The number of unbranched alkanes of at least 4 members (excludes halogenated alkanes) is 3. The highest BCUT2D eigenvalue weighted by Gasteiger charge is 2.03. The summed E-state index contributed by atoms with van der Waals surface area (Å²) >= 11 is 1.65. The number of carbonyl (C=O) groups is 2. The van der Waals surface area contributed by atoms with Crippen LogP contribution < -0.4 is 9.47 Å². The van der Waals surface area contributed by atoms with Gasteiger partial charge < -0.3 is 18.9 Å². The van der Waals surface area contributed by atoms with Gasteiger partial charge in [0.1, 0.15) is 11.5 Å². The first-order chi connectivity index (χ1) is 23.4. The maximum atomic E-state index is 11.1. The molecule has 6 nitrogen and oxygen atoms in total. The lowest BCUT2D eigenvalue weighted by atomic mass is 10.1. The summed E-state index contributed by atoms with van der Waals surface area (Å²) in [6, 6.07) is 26.0. The van der Waals surface area contributed by atoms with E-state index in [-0.39, 0.29) is 5.97 Å². The molecule has 0 aliphatic rings. The van der Waals surface area contributed by atoms with E-state index in [0.717, 1.165) is 81.2 Å². The summed E-state index contributed by atoms with van der Waals surface area (Å²) < 4.78 is 21.6. The molecular weight excluding hydrogens is 621 g/mol. The molecule has 246 valence electrons. The molecule has 0 saturated carbocycles. The molecule has 0 radical (unpaired) electrons. The summed E-state index contributed by atoms with van der Waals surface area (Å²) in [6.45, 7) is 6.71. The second-order valence-corrected chi connectivity index (χ2v) is 11.7. The molecule has 0 aliphatic carbocycles. The number of thioether (sulfide) groups is 1. The standard InChI is InChI=1S/C41H40O6S/c1-4-41(43)47-27-9-26-46-39-23-20-36-28-33(14-19-37(36)30-39)10-11-34-13-18-35(40(29-34)48-3)17-12-32-15-21-38(22-16-32)45-25-8-6-5-7-24-44-31(2)42/h4,13-16,18-23,28-30H,1,5-9,24-27H2,2-3H3. The van der Waals surface area contributed by atoms with E-state index in [0.29, 0.717) is 32.8 Å². The average Bonchev–Trinajstić information content (AvgIpc) is 3.11. The molecule has 0 atom stereocenters. The summed E-state index contributed by atoms with van der Waals surface area (Å²) in [5.41, 5.74) is 3.74. The van der Waals surface area contributed by atoms with Crippen molar-refractivity contribution in [3.8, 4) is 35.2 Å². The van der Waals surface area contributed by atoms with E-state index in [2.05, 4.69) is 42.4 Å². The van der Waals surface area contributed by atoms with Gasteiger partial charge in [-0.3, -0.25) is 4.79 Å². The highest BCUT2D eigenvalue weighted by Crippen LogP contribution is 2.24. The average molecular weight is 661 g/mol. The summed E-state index contributed by atoms with van der Waals surface area (Å²) in [6.07, 6.45) is 7.69. The van der Waals surface area contributed by atoms with Gasteiger partial charge in [-0.15, -0.1) is 11.8 Å². The molecule has 4 rings (SSSR count). The summed E-state index contributed by atoms with van der Waals surface area (Å²) in [5.74, 6) is 14.1. The predicted molar refractivity (Wildman–Crippen MR) is 192 cm³/mol. The van der Waals surface area contributed by atoms with Crippen molar-refractivity contribution in [3.63, 3.8) is 0 Å². The van der Waals surface area contributed by atoms with Crippen molar-refractivity contribution in [3.05, 3.63) is 114 Å². The van der Waals surface area contributed by atoms with Crippen LogP contribution in [0.3, 0.4) is 0 Å². The Bertz CT molecular complexity index is 1820. The molecule has 48 heavy (non-hydrogen) atoms. The molecule has 0 aliphatic heterocycles. The number of fused-ring (bicyclic) bond motifs is 1. The van der Waals surface area contributed by atoms with Crippen LogP contribution in [0.4, 0.5) is 0 Å². The summed E-state index contributed by atoms with van der Waals surface area (Å²) in [5, 5.41) is 2.14. The van der Waals surface area contributed by atoms with Crippen LogP contribution in [-0.4, -0.2) is 44.6 Å². The molecule has 0 heterocycles. The van der Waals surface area contributed by atoms with Crippen molar-refractivity contribution in [2.24, 2.45) is 0 Å². The molecule has 0 amide bonds. The van der Waals surface area contributed by atoms with Crippen LogP contribution in [0, 0.1) is 23.7 Å². The van der Waals surface area contributed by atoms with Crippen LogP contribution in [0.5, 0.6) is 11.5 Å². The van der Waals surface area contributed by atoms with Gasteiger partial charge in [0.15, 0.2) is 0 Å². The molecule has 4 aromatic rings. The van der Waals surface area contributed by atoms with E-state index in [1.165, 1.54) is 6.92 Å². The van der Waals surface area contributed by atoms with Crippen LogP contribution in [-0.2, 0) is 19.1 Å². The van der Waals surface area contributed by atoms with Crippen LogP contribution >= 0.6 is 11.8 Å². The second kappa shape index (κ2) is 19.5. The van der Waals surface area contributed by atoms with E-state index in [1.807, 2.05) is 73.0 Å². The van der Waals surface area contributed by atoms with Gasteiger partial charge in [0.05, 0.1) is 26.4 Å². The monoisotopic (exact) mass is 660 g/mol. The van der Waals surface area contributed by atoms with Crippen molar-refractivity contribution in [1.29, 1.82) is 0 Å². The van der Waals surface area contributed by atoms with E-state index in [4.69, 9.17) is 18.9 Å². The van der Waals surface area contributed by atoms with E-state index >= 15 is 0 Å². The number of hydrogen-bond donors (Lipinski definition) is 0. The van der Waals surface area contributed by atoms with Crippen LogP contribution in [0.25, 0.3) is 10.8 Å². The third-order valence-corrected chi connectivity index (χ3v) is 7.92. The Kier molecular flexibility index (Phi) is 14.5. The molecule has 0 spiro atoms. The fraction of sp³-hybridized carbons (Fsp3) is 0.268. The first kappa shape index (κ1) is 35.7. The van der Waals surface area contributed by atoms with Gasteiger partial charge in [0, 0.05) is 46.6 Å². The lowest BCUT2D eigenvalue weighted by Crippen LogP contribution is -2.06. The lowest BCUT2D eigenvalue weighted by Gasteiger charge is -2.08. The molecule has 0 N–H and O–H groups in total. The predicted octanol–water partition coefficient (Wildman–Crippen LogP) is 8.36. The Hall–Kier alpha value is -5.11. The third kappa shape index (κ3) is 12.2. The normalized spacial score (nSPS) is 10.2. The fourth-order valence-electron chi connectivity index (χ4n) is 4.63. The Morgan fingerprint density at radius 3 is 1.98 bits per heavy atom. The maximum Gasteiger partial charge on any atom is 0.330 e. The molecular formula is C41H40O6S. The zero-order valence-corrected chi connectivity index (χ0v) is 28.3. The summed E-state index contributed by atoms with van der Waals surface area (Å²) in [4.78, 5) is 23.0. The van der Waals surface area contributed by atoms with Crippen LogP contribution in [0.15, 0.2) is 96.4 Å². The number of ether oxygens (including phenoxy) is 4. The van der Waals surface area contributed by atoms with E-state index in [9.17, 15) is 9.59 Å². The topological polar surface area (TPSA) is 71.1 Å². The zero-order chi connectivity index (χ0) is 34.0. The van der Waals surface area contributed by atoms with Gasteiger partial charge in [-0.2, -0.15) is 0 Å². The molecule has 7 heteroatoms. The summed E-state index contributed by atoms with van der Waals surface area (Å²) in [7, 11) is 0. The highest BCUT2D eigenvalue weighted by atomic mass is 32.2. The fourth-order valence-corrected chi connectivity index (χ4v) is 5.21. The first-order valence-corrected chi connectivity index (χ1v) is 17.2. The van der Waals surface area contributed by atoms with Crippen molar-refractivity contribution >= 4 is 34.5 Å². The number of rotatable bonds is 15. The van der Waals surface area contributed by atoms with Crippen molar-refractivity contribution in [1.82, 2.24) is 0 Å². The number of carbonyl (C=O) groups excluding carboxylic acids is 2. The quantitative estimate of drug-likeness (QED) is 0.0417. The molecule has 4 aromatic carbocycles. The molecule has 0 saturated heterocycles.